The smallest absolute Gasteiger partial charge is 0.0799 e. The van der Waals surface area contributed by atoms with Crippen molar-refractivity contribution >= 4 is 49.7 Å². The zero-order valence-corrected chi connectivity index (χ0v) is 17.4. The van der Waals surface area contributed by atoms with Gasteiger partial charge in [0.2, 0.25) is 0 Å². The van der Waals surface area contributed by atoms with E-state index >= 15 is 0 Å². The van der Waals surface area contributed by atoms with Crippen LogP contribution in [-0.4, -0.2) is 26.0 Å². The van der Waals surface area contributed by atoms with Crippen LogP contribution in [0.25, 0.3) is 10.8 Å². The number of benzene rings is 3. The molecule has 4 heteroatoms. The van der Waals surface area contributed by atoms with Gasteiger partial charge in [0.25, 0.3) is 0 Å². The van der Waals surface area contributed by atoms with Gasteiger partial charge in [0, 0.05) is 47.3 Å². The van der Waals surface area contributed by atoms with Crippen molar-refractivity contribution in [2.45, 2.75) is 13.0 Å². The van der Waals surface area contributed by atoms with Gasteiger partial charge in [-0.15, -0.1) is 11.6 Å². The molecule has 1 atom stereocenters. The summed E-state index contributed by atoms with van der Waals surface area (Å²) < 4.78 is 1.15. The van der Waals surface area contributed by atoms with Crippen LogP contribution in [0.3, 0.4) is 0 Å². The van der Waals surface area contributed by atoms with Gasteiger partial charge < -0.3 is 9.80 Å². The Balaban J connectivity index is 1.75. The summed E-state index contributed by atoms with van der Waals surface area (Å²) in [6.07, 6.45) is 0. The molecule has 0 amide bonds. The Morgan fingerprint density at radius 2 is 1.85 bits per heavy atom. The van der Waals surface area contributed by atoms with Crippen molar-refractivity contribution in [3.63, 3.8) is 0 Å². The Hall–Kier alpha value is -1.71. The number of alkyl halides is 1. The van der Waals surface area contributed by atoms with E-state index in [0.717, 1.165) is 17.6 Å². The van der Waals surface area contributed by atoms with E-state index in [1.54, 1.807) is 0 Å². The molecule has 3 aromatic rings. The topological polar surface area (TPSA) is 6.48 Å². The van der Waals surface area contributed by atoms with Gasteiger partial charge in [-0.1, -0.05) is 46.3 Å². The Labute approximate surface area is 168 Å². The van der Waals surface area contributed by atoms with Crippen molar-refractivity contribution in [3.05, 3.63) is 70.2 Å². The summed E-state index contributed by atoms with van der Waals surface area (Å²) in [6, 6.07) is 20.2. The van der Waals surface area contributed by atoms with E-state index in [9.17, 15) is 0 Å². The van der Waals surface area contributed by atoms with Crippen molar-refractivity contribution in [2.75, 3.05) is 35.8 Å². The SMILES string of the molecule is CCN(CCCl)c1ccc(C2c3cccc4c(Br)ccc(c34)N2C)cc1. The monoisotopic (exact) mass is 428 g/mol. The number of halogens is 2. The van der Waals surface area contributed by atoms with Crippen molar-refractivity contribution in [2.24, 2.45) is 0 Å². The number of rotatable bonds is 5. The Kier molecular flexibility index (Phi) is 4.85. The van der Waals surface area contributed by atoms with Gasteiger partial charge >= 0.3 is 0 Å². The fourth-order valence-electron chi connectivity index (χ4n) is 4.09. The maximum atomic E-state index is 5.94. The van der Waals surface area contributed by atoms with Crippen LogP contribution in [0.1, 0.15) is 24.1 Å². The normalized spacial score (nSPS) is 15.7. The lowest BCUT2D eigenvalue weighted by Crippen LogP contribution is -2.25. The number of hydrogen-bond acceptors (Lipinski definition) is 2. The van der Waals surface area contributed by atoms with Gasteiger partial charge in [0.15, 0.2) is 0 Å². The highest BCUT2D eigenvalue weighted by molar-refractivity contribution is 9.10. The molecule has 0 spiro atoms. The molecule has 1 heterocycles. The molecule has 0 aromatic heterocycles. The maximum absolute atomic E-state index is 5.94. The molecule has 1 unspecified atom stereocenters. The lowest BCUT2D eigenvalue weighted by atomic mass is 9.96. The molecule has 26 heavy (non-hydrogen) atoms. The minimum absolute atomic E-state index is 0.250. The summed E-state index contributed by atoms with van der Waals surface area (Å²) in [7, 11) is 2.19. The van der Waals surface area contributed by atoms with Crippen molar-refractivity contribution < 1.29 is 0 Å². The second kappa shape index (κ2) is 7.13. The predicted molar refractivity (Wildman–Crippen MR) is 117 cm³/mol. The molecule has 3 aromatic carbocycles. The van der Waals surface area contributed by atoms with E-state index in [4.69, 9.17) is 11.6 Å². The van der Waals surface area contributed by atoms with Crippen LogP contribution in [0.4, 0.5) is 11.4 Å². The second-order valence-electron chi connectivity index (χ2n) is 6.71. The van der Waals surface area contributed by atoms with Crippen molar-refractivity contribution in [1.82, 2.24) is 0 Å². The molecule has 0 fully saturated rings. The van der Waals surface area contributed by atoms with Crippen LogP contribution >= 0.6 is 27.5 Å². The van der Waals surface area contributed by atoms with Crippen LogP contribution in [0.5, 0.6) is 0 Å². The molecule has 4 rings (SSSR count). The summed E-state index contributed by atoms with van der Waals surface area (Å²) in [4.78, 5) is 4.69. The van der Waals surface area contributed by atoms with Gasteiger partial charge in [-0.2, -0.15) is 0 Å². The summed E-state index contributed by atoms with van der Waals surface area (Å²) in [6.45, 7) is 4.01. The Morgan fingerprint density at radius 3 is 2.54 bits per heavy atom. The van der Waals surface area contributed by atoms with E-state index in [1.165, 1.54) is 33.3 Å². The molecular weight excluding hydrogens is 408 g/mol. The van der Waals surface area contributed by atoms with Gasteiger partial charge in [-0.25, -0.2) is 0 Å². The maximum Gasteiger partial charge on any atom is 0.0799 e. The minimum atomic E-state index is 0.250. The number of hydrogen-bond donors (Lipinski definition) is 0. The third-order valence-electron chi connectivity index (χ3n) is 5.37. The summed E-state index contributed by atoms with van der Waals surface area (Å²) >= 11 is 9.64. The quantitative estimate of drug-likeness (QED) is 0.445. The van der Waals surface area contributed by atoms with E-state index < -0.39 is 0 Å². The zero-order chi connectivity index (χ0) is 18.3. The van der Waals surface area contributed by atoms with Gasteiger partial charge in [-0.3, -0.25) is 0 Å². The van der Waals surface area contributed by atoms with Gasteiger partial charge in [0.05, 0.1) is 6.04 Å². The average Bonchev–Trinajstić information content (AvgIpc) is 2.96. The largest absolute Gasteiger partial charge is 0.371 e. The molecule has 134 valence electrons. The third kappa shape index (κ3) is 2.78. The zero-order valence-electron chi connectivity index (χ0n) is 15.0. The van der Waals surface area contributed by atoms with Crippen LogP contribution in [0.2, 0.25) is 0 Å². The highest BCUT2D eigenvalue weighted by Crippen LogP contribution is 2.47. The van der Waals surface area contributed by atoms with Crippen LogP contribution in [-0.2, 0) is 0 Å². The van der Waals surface area contributed by atoms with Crippen LogP contribution in [0.15, 0.2) is 59.1 Å². The molecule has 0 aliphatic carbocycles. The minimum Gasteiger partial charge on any atom is -0.371 e. The lowest BCUT2D eigenvalue weighted by Gasteiger charge is -2.26. The van der Waals surface area contributed by atoms with Crippen molar-refractivity contribution in [3.8, 4) is 0 Å². The number of anilines is 2. The molecule has 0 saturated carbocycles. The van der Waals surface area contributed by atoms with Crippen LogP contribution < -0.4 is 9.80 Å². The third-order valence-corrected chi connectivity index (χ3v) is 6.23. The first-order valence-electron chi connectivity index (χ1n) is 9.00. The van der Waals surface area contributed by atoms with E-state index in [2.05, 4.69) is 94.3 Å². The first-order valence-corrected chi connectivity index (χ1v) is 10.3. The number of nitrogens with zero attached hydrogens (tertiary/aromatic N) is 2. The first-order chi connectivity index (χ1) is 12.7. The summed E-state index contributed by atoms with van der Waals surface area (Å²) in [5.41, 5.74) is 5.22. The molecule has 0 N–H and O–H groups in total. The standard InChI is InChI=1S/C22H22BrClN2/c1-3-26(14-13-24)16-9-7-15(8-10-16)22-18-6-4-5-17-19(23)11-12-20(21(17)18)25(22)2/h4-12,22H,3,13-14H2,1-2H3. The Morgan fingerprint density at radius 1 is 1.08 bits per heavy atom. The summed E-state index contributed by atoms with van der Waals surface area (Å²) in [5.74, 6) is 0.646. The highest BCUT2D eigenvalue weighted by atomic mass is 79.9. The molecule has 0 bridgehead atoms. The second-order valence-corrected chi connectivity index (χ2v) is 7.94. The Bertz CT molecular complexity index is 939. The van der Waals surface area contributed by atoms with E-state index in [1.807, 2.05) is 0 Å². The van der Waals surface area contributed by atoms with Gasteiger partial charge in [-0.05, 0) is 47.7 Å². The lowest BCUT2D eigenvalue weighted by molar-refractivity contribution is 0.813. The fraction of sp³-hybridized carbons (Fsp3) is 0.273. The predicted octanol–water partition coefficient (Wildman–Crippen LogP) is 6.21. The molecule has 0 radical (unpaired) electrons. The highest BCUT2D eigenvalue weighted by Gasteiger charge is 2.30. The molecule has 1 aliphatic rings. The molecule has 1 aliphatic heterocycles. The summed E-state index contributed by atoms with van der Waals surface area (Å²) in [5, 5.41) is 2.64. The van der Waals surface area contributed by atoms with Gasteiger partial charge in [0.1, 0.15) is 0 Å². The fourth-order valence-corrected chi connectivity index (χ4v) is 4.76. The van der Waals surface area contributed by atoms with E-state index in [-0.39, 0.29) is 6.04 Å². The van der Waals surface area contributed by atoms with E-state index in [0.29, 0.717) is 5.88 Å². The van der Waals surface area contributed by atoms with Crippen molar-refractivity contribution in [1.29, 1.82) is 0 Å². The molecule has 2 nitrogen and oxygen atoms in total. The first kappa shape index (κ1) is 17.7. The average molecular weight is 430 g/mol. The molecular formula is C22H22BrClN2. The molecule has 0 saturated heterocycles. The van der Waals surface area contributed by atoms with Crippen LogP contribution in [0, 0.1) is 0 Å².